The maximum absolute atomic E-state index is 11.4. The van der Waals surface area contributed by atoms with Crippen LogP contribution >= 0.6 is 0 Å². The molecule has 7 nitrogen and oxygen atoms in total. The van der Waals surface area contributed by atoms with Crippen molar-refractivity contribution in [1.29, 1.82) is 0 Å². The summed E-state index contributed by atoms with van der Waals surface area (Å²) in [7, 11) is 1.53. The highest BCUT2D eigenvalue weighted by Gasteiger charge is 2.11. The minimum absolute atomic E-state index is 0.0518. The number of hydrogen-bond acceptors (Lipinski definition) is 7. The molecule has 0 aromatic rings. The first kappa shape index (κ1) is 16.9. The van der Waals surface area contributed by atoms with Gasteiger partial charge in [0.05, 0.1) is 19.4 Å². The third-order valence-corrected chi connectivity index (χ3v) is 2.96. The van der Waals surface area contributed by atoms with Crippen molar-refractivity contribution in [3.8, 4) is 0 Å². The Morgan fingerprint density at radius 3 is 2.20 bits per heavy atom. The van der Waals surface area contributed by atoms with Crippen LogP contribution in [0.2, 0.25) is 0 Å². The van der Waals surface area contributed by atoms with Crippen LogP contribution in [0, 0.1) is 0 Å². The lowest BCUT2D eigenvalue weighted by Gasteiger charge is -2.26. The van der Waals surface area contributed by atoms with E-state index in [0.717, 1.165) is 32.7 Å². The number of carbonyl (C=O) groups is 2. The van der Waals surface area contributed by atoms with Crippen LogP contribution in [0.5, 0.6) is 0 Å². The summed E-state index contributed by atoms with van der Waals surface area (Å²) in [6.45, 7) is 5.59. The summed E-state index contributed by atoms with van der Waals surface area (Å²) in [4.78, 5) is 24.9. The number of hydrogen-bond donors (Lipinski definition) is 1. The highest BCUT2D eigenvalue weighted by molar-refractivity contribution is 5.77. The second kappa shape index (κ2) is 10.6. The minimum Gasteiger partial charge on any atom is -0.464 e. The first-order chi connectivity index (χ1) is 9.72. The molecule has 0 aliphatic carbocycles. The van der Waals surface area contributed by atoms with Crippen molar-refractivity contribution in [1.82, 2.24) is 10.2 Å². The van der Waals surface area contributed by atoms with E-state index in [9.17, 15) is 9.59 Å². The van der Waals surface area contributed by atoms with Crippen LogP contribution in [0.15, 0.2) is 0 Å². The van der Waals surface area contributed by atoms with Gasteiger partial charge in [-0.1, -0.05) is 0 Å². The number of methoxy groups -OCH3 is 1. The van der Waals surface area contributed by atoms with E-state index in [2.05, 4.69) is 10.2 Å². The van der Waals surface area contributed by atoms with E-state index in [1.54, 1.807) is 0 Å². The fourth-order valence-electron chi connectivity index (χ4n) is 1.81. The molecule has 0 atom stereocenters. The van der Waals surface area contributed by atoms with E-state index in [4.69, 9.17) is 14.2 Å². The number of piperazine rings is 1. The summed E-state index contributed by atoms with van der Waals surface area (Å²) < 4.78 is 14.7. The van der Waals surface area contributed by atoms with Crippen molar-refractivity contribution in [3.63, 3.8) is 0 Å². The maximum Gasteiger partial charge on any atom is 0.306 e. The van der Waals surface area contributed by atoms with E-state index in [-0.39, 0.29) is 25.4 Å². The lowest BCUT2D eigenvalue weighted by Crippen LogP contribution is -2.44. The molecule has 0 spiro atoms. The van der Waals surface area contributed by atoms with Gasteiger partial charge in [-0.3, -0.25) is 14.5 Å². The monoisotopic (exact) mass is 288 g/mol. The number of carbonyl (C=O) groups excluding carboxylic acids is 2. The van der Waals surface area contributed by atoms with Crippen LogP contribution in [-0.2, 0) is 23.8 Å². The molecule has 0 aromatic heterocycles. The van der Waals surface area contributed by atoms with Gasteiger partial charge in [-0.25, -0.2) is 0 Å². The molecule has 0 radical (unpaired) electrons. The molecule has 1 rings (SSSR count). The molecule has 1 heterocycles. The third-order valence-electron chi connectivity index (χ3n) is 2.96. The van der Waals surface area contributed by atoms with Gasteiger partial charge in [0.2, 0.25) is 0 Å². The summed E-state index contributed by atoms with van der Waals surface area (Å²) in [5, 5.41) is 3.26. The Hall–Kier alpha value is -1.18. The fourth-order valence-corrected chi connectivity index (χ4v) is 1.81. The first-order valence-electron chi connectivity index (χ1n) is 6.95. The Balaban J connectivity index is 1.98. The molecule has 0 saturated carbocycles. The largest absolute Gasteiger partial charge is 0.464 e. The number of rotatable bonds is 9. The Kier molecular flexibility index (Phi) is 8.93. The Labute approximate surface area is 119 Å². The maximum atomic E-state index is 11.4. The van der Waals surface area contributed by atoms with Crippen LogP contribution < -0.4 is 5.32 Å². The van der Waals surface area contributed by atoms with Crippen LogP contribution in [0.3, 0.4) is 0 Å². The van der Waals surface area contributed by atoms with Crippen LogP contribution in [0.25, 0.3) is 0 Å². The van der Waals surface area contributed by atoms with E-state index in [1.807, 2.05) is 0 Å². The number of nitrogens with zero attached hydrogens (tertiary/aromatic N) is 1. The molecule has 1 aliphatic rings. The van der Waals surface area contributed by atoms with E-state index in [1.165, 1.54) is 7.11 Å². The average molecular weight is 288 g/mol. The Morgan fingerprint density at radius 2 is 1.60 bits per heavy atom. The topological polar surface area (TPSA) is 77.1 Å². The average Bonchev–Trinajstić information content (AvgIpc) is 2.46. The molecule has 1 saturated heterocycles. The van der Waals surface area contributed by atoms with Crippen LogP contribution in [0.1, 0.15) is 12.8 Å². The molecule has 1 N–H and O–H groups in total. The van der Waals surface area contributed by atoms with Gasteiger partial charge in [-0.05, 0) is 0 Å². The van der Waals surface area contributed by atoms with Crippen molar-refractivity contribution >= 4 is 11.9 Å². The predicted molar refractivity (Wildman–Crippen MR) is 72.3 cm³/mol. The van der Waals surface area contributed by atoms with Gasteiger partial charge in [0.25, 0.3) is 0 Å². The molecule has 0 amide bonds. The Morgan fingerprint density at radius 1 is 1.00 bits per heavy atom. The molecule has 1 fully saturated rings. The number of ether oxygens (including phenoxy) is 3. The zero-order valence-electron chi connectivity index (χ0n) is 12.1. The van der Waals surface area contributed by atoms with Gasteiger partial charge in [-0.15, -0.1) is 0 Å². The molecular formula is C13H24N2O5. The number of esters is 2. The second-order valence-electron chi connectivity index (χ2n) is 4.53. The van der Waals surface area contributed by atoms with Crippen molar-refractivity contribution < 1.29 is 23.8 Å². The van der Waals surface area contributed by atoms with E-state index < -0.39 is 5.97 Å². The van der Waals surface area contributed by atoms with Gasteiger partial charge in [0, 0.05) is 39.8 Å². The quantitative estimate of drug-likeness (QED) is 0.448. The summed E-state index contributed by atoms with van der Waals surface area (Å²) in [6.07, 6.45) is 0.115. The summed E-state index contributed by atoms with van der Waals surface area (Å²) >= 11 is 0. The van der Waals surface area contributed by atoms with Gasteiger partial charge in [-0.2, -0.15) is 0 Å². The van der Waals surface area contributed by atoms with Crippen molar-refractivity contribution in [3.05, 3.63) is 0 Å². The van der Waals surface area contributed by atoms with Crippen molar-refractivity contribution in [2.24, 2.45) is 0 Å². The van der Waals surface area contributed by atoms with Crippen LogP contribution in [-0.4, -0.2) is 76.5 Å². The van der Waals surface area contributed by atoms with Gasteiger partial charge < -0.3 is 19.5 Å². The second-order valence-corrected chi connectivity index (χ2v) is 4.53. The standard InChI is InChI=1S/C13H24N2O5/c1-18-10-11-20-13(17)3-2-12(16)19-9-8-15-6-4-14-5-7-15/h14H,2-11H2,1H3. The van der Waals surface area contributed by atoms with Gasteiger partial charge in [0.1, 0.15) is 13.2 Å². The summed E-state index contributed by atoms with van der Waals surface area (Å²) in [5.41, 5.74) is 0. The molecule has 0 unspecified atom stereocenters. The SMILES string of the molecule is COCCOC(=O)CCC(=O)OCCN1CCNCC1. The van der Waals surface area contributed by atoms with E-state index >= 15 is 0 Å². The summed E-state index contributed by atoms with van der Waals surface area (Å²) in [6, 6.07) is 0. The predicted octanol–water partition coefficient (Wildman–Crippen LogP) is -0.595. The summed E-state index contributed by atoms with van der Waals surface area (Å²) in [5.74, 6) is -0.759. The highest BCUT2D eigenvalue weighted by Crippen LogP contribution is 1.97. The fraction of sp³-hybridized carbons (Fsp3) is 0.846. The minimum atomic E-state index is -0.402. The van der Waals surface area contributed by atoms with Gasteiger partial charge >= 0.3 is 11.9 Å². The first-order valence-corrected chi connectivity index (χ1v) is 6.95. The normalized spacial score (nSPS) is 15.8. The molecule has 7 heteroatoms. The highest BCUT2D eigenvalue weighted by atomic mass is 16.6. The van der Waals surface area contributed by atoms with Crippen molar-refractivity contribution in [2.45, 2.75) is 12.8 Å². The smallest absolute Gasteiger partial charge is 0.306 e. The molecule has 0 aromatic carbocycles. The number of nitrogens with one attached hydrogen (secondary N) is 1. The molecule has 0 bridgehead atoms. The molecular weight excluding hydrogens is 264 g/mol. The lowest BCUT2D eigenvalue weighted by atomic mass is 10.3. The molecule has 20 heavy (non-hydrogen) atoms. The zero-order valence-corrected chi connectivity index (χ0v) is 12.1. The van der Waals surface area contributed by atoms with Gasteiger partial charge in [0.15, 0.2) is 0 Å². The molecule has 1 aliphatic heterocycles. The van der Waals surface area contributed by atoms with Crippen molar-refractivity contribution in [2.75, 3.05) is 59.7 Å². The van der Waals surface area contributed by atoms with Crippen LogP contribution in [0.4, 0.5) is 0 Å². The van der Waals surface area contributed by atoms with E-state index in [0.29, 0.717) is 13.2 Å². The lowest BCUT2D eigenvalue weighted by molar-refractivity contribution is -0.151. The third kappa shape index (κ3) is 8.08. The molecule has 116 valence electrons. The Bertz CT molecular complexity index is 292. The zero-order chi connectivity index (χ0) is 14.6.